The lowest BCUT2D eigenvalue weighted by molar-refractivity contribution is 0.555. The number of hydrogen-bond donors (Lipinski definition) is 1. The molecule has 2 aromatic heterocycles. The van der Waals surface area contributed by atoms with Gasteiger partial charge in [-0.1, -0.05) is 11.6 Å². The van der Waals surface area contributed by atoms with Crippen LogP contribution in [0.25, 0.3) is 0 Å². The number of fused-ring (bicyclic) bond motifs is 1. The fraction of sp³-hybridized carbons (Fsp3) is 0.385. The molecule has 0 amide bonds. The van der Waals surface area contributed by atoms with Crippen LogP contribution in [0.15, 0.2) is 24.5 Å². The maximum Gasteiger partial charge on any atom is 0.129 e. The van der Waals surface area contributed by atoms with Crippen LogP contribution in [0, 0.1) is 0 Å². The summed E-state index contributed by atoms with van der Waals surface area (Å²) < 4.78 is 2.18. The molecule has 2 aromatic rings. The molecule has 100 valence electrons. The van der Waals surface area contributed by atoms with Crippen LogP contribution in [0.4, 0.5) is 5.82 Å². The Labute approximate surface area is 117 Å². The van der Waals surface area contributed by atoms with E-state index in [-0.39, 0.29) is 0 Å². The summed E-state index contributed by atoms with van der Waals surface area (Å²) in [6, 6.07) is 3.89. The summed E-state index contributed by atoms with van der Waals surface area (Å²) in [5, 5.41) is 3.79. The van der Waals surface area contributed by atoms with Crippen LogP contribution >= 0.6 is 11.6 Å². The molecule has 6 heteroatoms. The van der Waals surface area contributed by atoms with Gasteiger partial charge >= 0.3 is 0 Å². The minimum absolute atomic E-state index is 0.676. The van der Waals surface area contributed by atoms with Gasteiger partial charge in [-0.15, -0.1) is 0 Å². The third-order valence-corrected chi connectivity index (χ3v) is 3.66. The highest BCUT2D eigenvalue weighted by Crippen LogP contribution is 2.22. The standard InChI is InChI=1S/C13H16ClN5/c1-15-8-11-10(14)2-3-12(17-11)19-7-6-18-5-4-16-13(18)9-19/h2-5,15H,6-9H2,1H3. The second kappa shape index (κ2) is 5.19. The summed E-state index contributed by atoms with van der Waals surface area (Å²) in [5.41, 5.74) is 0.885. The van der Waals surface area contributed by atoms with Crippen molar-refractivity contribution in [2.45, 2.75) is 19.6 Å². The van der Waals surface area contributed by atoms with Gasteiger partial charge in [0.05, 0.1) is 17.3 Å². The average Bonchev–Trinajstić information content (AvgIpc) is 2.89. The SMILES string of the molecule is CNCc1nc(N2CCn3ccnc3C2)ccc1Cl. The molecule has 0 radical (unpaired) electrons. The van der Waals surface area contributed by atoms with E-state index in [0.29, 0.717) is 11.6 Å². The van der Waals surface area contributed by atoms with Crippen LogP contribution in [0.1, 0.15) is 11.5 Å². The van der Waals surface area contributed by atoms with E-state index < -0.39 is 0 Å². The summed E-state index contributed by atoms with van der Waals surface area (Å²) in [4.78, 5) is 11.2. The van der Waals surface area contributed by atoms with Gasteiger partial charge < -0.3 is 14.8 Å². The summed E-state index contributed by atoms with van der Waals surface area (Å²) in [7, 11) is 1.89. The Morgan fingerprint density at radius 2 is 2.26 bits per heavy atom. The molecule has 0 bridgehead atoms. The molecule has 5 nitrogen and oxygen atoms in total. The predicted molar refractivity (Wildman–Crippen MR) is 75.3 cm³/mol. The zero-order valence-electron chi connectivity index (χ0n) is 10.8. The monoisotopic (exact) mass is 277 g/mol. The maximum atomic E-state index is 6.14. The number of rotatable bonds is 3. The Morgan fingerprint density at radius 3 is 3.11 bits per heavy atom. The zero-order valence-corrected chi connectivity index (χ0v) is 11.6. The number of nitrogens with one attached hydrogen (secondary N) is 1. The van der Waals surface area contributed by atoms with Crippen molar-refractivity contribution in [1.29, 1.82) is 0 Å². The Morgan fingerprint density at radius 1 is 1.37 bits per heavy atom. The van der Waals surface area contributed by atoms with E-state index in [1.54, 1.807) is 0 Å². The molecule has 1 N–H and O–H groups in total. The first kappa shape index (κ1) is 12.4. The predicted octanol–water partition coefficient (Wildman–Crippen LogP) is 1.67. The Hall–Kier alpha value is -1.59. The number of imidazole rings is 1. The molecular weight excluding hydrogens is 262 g/mol. The number of anilines is 1. The Kier molecular flexibility index (Phi) is 3.40. The normalized spacial score (nSPS) is 14.5. The summed E-state index contributed by atoms with van der Waals surface area (Å²) in [6.07, 6.45) is 3.87. The Balaban J connectivity index is 1.85. The summed E-state index contributed by atoms with van der Waals surface area (Å²) >= 11 is 6.14. The molecule has 19 heavy (non-hydrogen) atoms. The van der Waals surface area contributed by atoms with E-state index >= 15 is 0 Å². The molecule has 0 fully saturated rings. The number of aromatic nitrogens is 3. The van der Waals surface area contributed by atoms with E-state index in [9.17, 15) is 0 Å². The minimum Gasteiger partial charge on any atom is -0.347 e. The quantitative estimate of drug-likeness (QED) is 0.927. The van der Waals surface area contributed by atoms with Gasteiger partial charge in [-0.25, -0.2) is 9.97 Å². The van der Waals surface area contributed by atoms with Crippen LogP contribution in [0.2, 0.25) is 5.02 Å². The van der Waals surface area contributed by atoms with E-state index in [1.165, 1.54) is 0 Å². The van der Waals surface area contributed by atoms with Crippen molar-refractivity contribution < 1.29 is 0 Å². The fourth-order valence-electron chi connectivity index (χ4n) is 2.31. The molecule has 3 rings (SSSR count). The third kappa shape index (κ3) is 2.43. The van der Waals surface area contributed by atoms with Crippen LogP contribution < -0.4 is 10.2 Å². The zero-order chi connectivity index (χ0) is 13.2. The third-order valence-electron chi connectivity index (χ3n) is 3.32. The number of pyridine rings is 1. The van der Waals surface area contributed by atoms with E-state index in [4.69, 9.17) is 11.6 Å². The van der Waals surface area contributed by atoms with Crippen LogP contribution in [0.3, 0.4) is 0 Å². The van der Waals surface area contributed by atoms with Crippen LogP contribution in [0.5, 0.6) is 0 Å². The minimum atomic E-state index is 0.676. The first-order valence-electron chi connectivity index (χ1n) is 6.33. The van der Waals surface area contributed by atoms with Crippen molar-refractivity contribution in [3.8, 4) is 0 Å². The maximum absolute atomic E-state index is 6.14. The molecule has 0 aromatic carbocycles. The van der Waals surface area contributed by atoms with E-state index in [1.807, 2.05) is 31.6 Å². The molecule has 0 saturated carbocycles. The molecule has 1 aliphatic heterocycles. The number of halogens is 1. The average molecular weight is 278 g/mol. The molecule has 0 aliphatic carbocycles. The molecule has 0 saturated heterocycles. The molecule has 0 atom stereocenters. The molecule has 1 aliphatic rings. The van der Waals surface area contributed by atoms with Gasteiger partial charge in [-0.2, -0.15) is 0 Å². The van der Waals surface area contributed by atoms with Gasteiger partial charge in [0.15, 0.2) is 0 Å². The van der Waals surface area contributed by atoms with Crippen molar-refractivity contribution >= 4 is 17.4 Å². The van der Waals surface area contributed by atoms with Crippen molar-refractivity contribution in [2.75, 3.05) is 18.5 Å². The second-order valence-corrected chi connectivity index (χ2v) is 4.99. The van der Waals surface area contributed by atoms with E-state index in [2.05, 4.69) is 24.8 Å². The van der Waals surface area contributed by atoms with Crippen molar-refractivity contribution in [2.24, 2.45) is 0 Å². The molecule has 0 unspecified atom stereocenters. The first-order chi connectivity index (χ1) is 9.28. The van der Waals surface area contributed by atoms with Crippen molar-refractivity contribution in [1.82, 2.24) is 19.9 Å². The smallest absolute Gasteiger partial charge is 0.129 e. The molecule has 0 spiro atoms. The van der Waals surface area contributed by atoms with Gasteiger partial charge in [-0.05, 0) is 19.2 Å². The first-order valence-corrected chi connectivity index (χ1v) is 6.70. The van der Waals surface area contributed by atoms with Crippen molar-refractivity contribution in [3.63, 3.8) is 0 Å². The van der Waals surface area contributed by atoms with Gasteiger partial charge in [0.25, 0.3) is 0 Å². The van der Waals surface area contributed by atoms with Gasteiger partial charge in [-0.3, -0.25) is 0 Å². The second-order valence-electron chi connectivity index (χ2n) is 4.59. The highest BCUT2D eigenvalue weighted by molar-refractivity contribution is 6.31. The number of hydrogen-bond acceptors (Lipinski definition) is 4. The summed E-state index contributed by atoms with van der Waals surface area (Å²) in [5.74, 6) is 2.04. The van der Waals surface area contributed by atoms with Crippen molar-refractivity contribution in [3.05, 3.63) is 41.1 Å². The van der Waals surface area contributed by atoms with Crippen LogP contribution in [-0.4, -0.2) is 28.1 Å². The molecular formula is C13H16ClN5. The molecule has 3 heterocycles. The van der Waals surface area contributed by atoms with Gasteiger partial charge in [0.2, 0.25) is 0 Å². The topological polar surface area (TPSA) is 46.0 Å². The largest absolute Gasteiger partial charge is 0.347 e. The fourth-order valence-corrected chi connectivity index (χ4v) is 2.48. The lowest BCUT2D eigenvalue weighted by Crippen LogP contribution is -2.34. The highest BCUT2D eigenvalue weighted by Gasteiger charge is 2.18. The Bertz CT molecular complexity index is 580. The summed E-state index contributed by atoms with van der Waals surface area (Å²) in [6.45, 7) is 3.35. The van der Waals surface area contributed by atoms with Gasteiger partial charge in [0, 0.05) is 32.0 Å². The lowest BCUT2D eigenvalue weighted by atomic mass is 10.3. The number of nitrogens with zero attached hydrogens (tertiary/aromatic N) is 4. The van der Waals surface area contributed by atoms with Crippen LogP contribution in [-0.2, 0) is 19.6 Å². The highest BCUT2D eigenvalue weighted by atomic mass is 35.5. The van der Waals surface area contributed by atoms with Gasteiger partial charge in [0.1, 0.15) is 11.6 Å². The lowest BCUT2D eigenvalue weighted by Gasteiger charge is -2.29. The van der Waals surface area contributed by atoms with E-state index in [0.717, 1.165) is 37.0 Å².